The average molecular weight is 719 g/mol. The molecule has 0 aromatic heterocycles. The molecule has 15 nitrogen and oxygen atoms in total. The maximum Gasteiger partial charge on any atom is 0.407 e. The van der Waals surface area contributed by atoms with E-state index in [1.807, 2.05) is 0 Å². The minimum Gasteiger partial charge on any atom is -0.467 e. The molecule has 2 aliphatic heterocycles. The molecule has 4 saturated carbocycles. The Morgan fingerprint density at radius 3 is 1.27 bits per heavy atom. The van der Waals surface area contributed by atoms with Gasteiger partial charge in [0.15, 0.2) is 11.2 Å². The number of hydrogen-bond donors (Lipinski definition) is 4. The first-order chi connectivity index (χ1) is 23.9. The standard InChI is InChI=1S/C36H54N4O11/c1-33(2,3)49-31(45)39-11-9-37-27(41)21-15-17-13-19(21)25-23(17)35(29(43)47-7)24-18-14-20(26(24)36(25,51-35)30(44)48-8)22(16-18)28(42)38-10-12-40-32(46)50-34(4,5)6/h17-26H,9-16H2,1-8H3,(H,37,41)(H,38,42)(H,39,45)(H,40,46)/t17-,18+,19+,20-,21-,22+,23-,24+,25+,26-,35?,36?. The number of fused-ring (bicyclic) bond motifs is 16. The molecule has 284 valence electrons. The first-order valence-electron chi connectivity index (χ1n) is 18.3. The lowest BCUT2D eigenvalue weighted by atomic mass is 9.48. The lowest BCUT2D eigenvalue weighted by Gasteiger charge is -2.51. The smallest absolute Gasteiger partial charge is 0.407 e. The number of methoxy groups -OCH3 is 2. The molecule has 2 saturated heterocycles. The highest BCUT2D eigenvalue weighted by Crippen LogP contribution is 2.80. The van der Waals surface area contributed by atoms with Crippen LogP contribution in [-0.2, 0) is 42.9 Å². The third kappa shape index (κ3) is 6.10. The summed E-state index contributed by atoms with van der Waals surface area (Å²) in [7, 11) is 2.65. The zero-order valence-electron chi connectivity index (χ0n) is 30.9. The number of carbonyl (C=O) groups is 6. The van der Waals surface area contributed by atoms with Gasteiger partial charge in [-0.1, -0.05) is 0 Å². The fourth-order valence-corrected chi connectivity index (χ4v) is 11.3. The number of hydrogen-bond acceptors (Lipinski definition) is 11. The van der Waals surface area contributed by atoms with E-state index in [9.17, 15) is 28.8 Å². The molecule has 0 aromatic carbocycles. The molecule has 0 aromatic rings. The third-order valence-corrected chi connectivity index (χ3v) is 12.2. The van der Waals surface area contributed by atoms with Gasteiger partial charge < -0.3 is 45.0 Å². The molecule has 15 heteroatoms. The Morgan fingerprint density at radius 1 is 0.569 bits per heavy atom. The van der Waals surface area contributed by atoms with Crippen LogP contribution in [0.5, 0.6) is 0 Å². The van der Waals surface area contributed by atoms with Crippen molar-refractivity contribution in [2.45, 2.75) is 89.6 Å². The molecule has 6 fully saturated rings. The highest BCUT2D eigenvalue weighted by Gasteiger charge is 2.90. The van der Waals surface area contributed by atoms with Gasteiger partial charge in [0.25, 0.3) is 0 Å². The van der Waals surface area contributed by atoms with Crippen LogP contribution in [0.2, 0.25) is 0 Å². The number of carbonyl (C=O) groups excluding carboxylic acids is 6. The van der Waals surface area contributed by atoms with Crippen LogP contribution in [0.1, 0.15) is 67.2 Å². The number of ether oxygens (including phenoxy) is 5. The fourth-order valence-electron chi connectivity index (χ4n) is 11.3. The molecule has 6 rings (SSSR count). The Labute approximate surface area is 298 Å². The molecule has 2 heterocycles. The van der Waals surface area contributed by atoms with Gasteiger partial charge >= 0.3 is 24.1 Å². The molecule has 0 radical (unpaired) electrons. The van der Waals surface area contributed by atoms with Crippen molar-refractivity contribution in [3.05, 3.63) is 0 Å². The van der Waals surface area contributed by atoms with Gasteiger partial charge in [-0.15, -0.1) is 0 Å². The van der Waals surface area contributed by atoms with Gasteiger partial charge in [-0.2, -0.15) is 0 Å². The summed E-state index contributed by atoms with van der Waals surface area (Å²) >= 11 is 0. The Balaban J connectivity index is 1.19. The SMILES string of the molecule is COC(=O)C12OC(C(=O)OC)([C@@H]3[C@@H]4C[C@@H](C[C@@H]4C(=O)NCCNC(=O)OC(C)(C)C)[C@@H]31)[C@H]1[C@H]3C[C@H](C[C@H]3C(=O)NCCNC(=O)OC(C)(C)C)[C@H]12. The molecular weight excluding hydrogens is 664 g/mol. The maximum atomic E-state index is 14.2. The van der Waals surface area contributed by atoms with Crippen molar-refractivity contribution >= 4 is 35.9 Å². The molecule has 6 aliphatic rings. The zero-order chi connectivity index (χ0) is 37.3. The number of nitrogens with one attached hydrogen (secondary N) is 4. The maximum absolute atomic E-state index is 14.2. The van der Waals surface area contributed by atoms with E-state index in [-0.39, 0.29) is 73.5 Å². The van der Waals surface area contributed by atoms with Crippen molar-refractivity contribution in [3.63, 3.8) is 0 Å². The Bertz CT molecular complexity index is 1370. The van der Waals surface area contributed by atoms with Crippen LogP contribution in [-0.4, -0.2) is 98.7 Å². The highest BCUT2D eigenvalue weighted by atomic mass is 16.6. The normalized spacial score (nSPS) is 38.0. The van der Waals surface area contributed by atoms with Gasteiger partial charge in [-0.05, 0) is 90.9 Å². The first-order valence-corrected chi connectivity index (χ1v) is 18.3. The van der Waals surface area contributed by atoms with Crippen LogP contribution in [0, 0.1) is 59.2 Å². The van der Waals surface area contributed by atoms with Crippen molar-refractivity contribution < 1.29 is 52.5 Å². The monoisotopic (exact) mass is 718 g/mol. The molecule has 4 aliphatic carbocycles. The van der Waals surface area contributed by atoms with Crippen LogP contribution in [0.4, 0.5) is 9.59 Å². The summed E-state index contributed by atoms with van der Waals surface area (Å²) in [5.41, 5.74) is -4.16. The molecule has 12 atom stereocenters. The van der Waals surface area contributed by atoms with E-state index in [1.165, 1.54) is 14.2 Å². The third-order valence-electron chi connectivity index (χ3n) is 12.2. The van der Waals surface area contributed by atoms with Crippen LogP contribution in [0.25, 0.3) is 0 Å². The van der Waals surface area contributed by atoms with E-state index in [2.05, 4.69) is 21.3 Å². The van der Waals surface area contributed by atoms with Crippen molar-refractivity contribution in [2.75, 3.05) is 40.4 Å². The Kier molecular flexibility index (Phi) is 9.54. The Morgan fingerprint density at radius 2 is 0.922 bits per heavy atom. The number of alkyl carbamates (subject to hydrolysis) is 2. The van der Waals surface area contributed by atoms with Crippen LogP contribution in [0.3, 0.4) is 0 Å². The lowest BCUT2D eigenvalue weighted by Crippen LogP contribution is -2.63. The van der Waals surface area contributed by atoms with Gasteiger partial charge in [0.2, 0.25) is 11.8 Å². The van der Waals surface area contributed by atoms with E-state index >= 15 is 0 Å². The predicted molar refractivity (Wildman–Crippen MR) is 178 cm³/mol. The molecule has 51 heavy (non-hydrogen) atoms. The van der Waals surface area contributed by atoms with E-state index < -0.39 is 70.2 Å². The molecular formula is C36H54N4O11. The minimum absolute atomic E-state index is 0.0436. The second-order valence-electron chi connectivity index (χ2n) is 17.2. The molecule has 0 spiro atoms. The lowest BCUT2D eigenvalue weighted by molar-refractivity contribution is -0.188. The summed E-state index contributed by atoms with van der Waals surface area (Å²) in [6, 6.07) is 0. The van der Waals surface area contributed by atoms with Crippen molar-refractivity contribution in [3.8, 4) is 0 Å². The van der Waals surface area contributed by atoms with Crippen LogP contribution in [0.15, 0.2) is 0 Å². The zero-order valence-corrected chi connectivity index (χ0v) is 30.9. The minimum atomic E-state index is -1.51. The second-order valence-corrected chi connectivity index (χ2v) is 17.2. The highest BCUT2D eigenvalue weighted by molar-refractivity contribution is 5.91. The van der Waals surface area contributed by atoms with Crippen molar-refractivity contribution in [2.24, 2.45) is 59.2 Å². The summed E-state index contributed by atoms with van der Waals surface area (Å²) in [5.74, 6) is -4.46. The topological polar surface area (TPSA) is 197 Å². The van der Waals surface area contributed by atoms with Gasteiger partial charge in [0.05, 0.1) is 14.2 Å². The Hall–Kier alpha value is -3.62. The fraction of sp³-hybridized carbons (Fsp3) is 0.833. The van der Waals surface area contributed by atoms with E-state index in [0.29, 0.717) is 25.7 Å². The number of amides is 4. The first kappa shape index (κ1) is 37.1. The summed E-state index contributed by atoms with van der Waals surface area (Å²) in [5, 5.41) is 11.2. The molecule has 4 amide bonds. The van der Waals surface area contributed by atoms with Gasteiger partial charge in [0.1, 0.15) is 11.2 Å². The summed E-state index contributed by atoms with van der Waals surface area (Å²) in [4.78, 5) is 79.6. The summed E-state index contributed by atoms with van der Waals surface area (Å²) in [6.07, 6.45) is 1.27. The molecule has 6 bridgehead atoms. The van der Waals surface area contributed by atoms with Gasteiger partial charge in [0, 0.05) is 61.7 Å². The number of rotatable bonds is 10. The van der Waals surface area contributed by atoms with Crippen molar-refractivity contribution in [1.82, 2.24) is 21.3 Å². The average Bonchev–Trinajstić information content (AvgIpc) is 3.88. The quantitative estimate of drug-likeness (QED) is 0.146. The molecule has 4 N–H and O–H groups in total. The van der Waals surface area contributed by atoms with Crippen molar-refractivity contribution in [1.29, 1.82) is 0 Å². The second kappa shape index (κ2) is 13.1. The van der Waals surface area contributed by atoms with E-state index in [1.54, 1.807) is 41.5 Å². The van der Waals surface area contributed by atoms with E-state index in [4.69, 9.17) is 23.7 Å². The largest absolute Gasteiger partial charge is 0.467 e. The summed E-state index contributed by atoms with van der Waals surface area (Å²) < 4.78 is 28.4. The number of esters is 2. The van der Waals surface area contributed by atoms with Gasteiger partial charge in [-0.25, -0.2) is 19.2 Å². The van der Waals surface area contributed by atoms with Gasteiger partial charge in [-0.3, -0.25) is 9.59 Å². The van der Waals surface area contributed by atoms with Crippen LogP contribution >= 0.6 is 0 Å². The molecule has 2 unspecified atom stereocenters. The summed E-state index contributed by atoms with van der Waals surface area (Å²) in [6.45, 7) is 11.4. The van der Waals surface area contributed by atoms with E-state index in [0.717, 1.165) is 0 Å². The predicted octanol–water partition coefficient (Wildman–Crippen LogP) is 1.91. The van der Waals surface area contributed by atoms with Crippen LogP contribution < -0.4 is 21.3 Å².